The Kier molecular flexibility index (Phi) is 18.3. The predicted molar refractivity (Wildman–Crippen MR) is 36.3 cm³/mol. The molecule has 0 radical (unpaired) electrons. The molecule has 0 unspecified atom stereocenters. The molecule has 0 amide bonds. The molecule has 0 rings (SSSR count). The molecule has 0 spiro atoms. The van der Waals surface area contributed by atoms with Gasteiger partial charge < -0.3 is 16.2 Å². The van der Waals surface area contributed by atoms with E-state index in [0.29, 0.717) is 0 Å². The third-order valence-corrected chi connectivity index (χ3v) is 0.582. The molecule has 0 aliphatic rings. The first-order chi connectivity index (χ1) is 5.09. The molecule has 60 valence electrons. The minimum Gasteiger partial charge on any atom is -0.481 e. The molecule has 9 heteroatoms. The summed E-state index contributed by atoms with van der Waals surface area (Å²) >= 11 is 0. The summed E-state index contributed by atoms with van der Waals surface area (Å²) in [4.78, 5) is 13.6. The van der Waals surface area contributed by atoms with Crippen molar-refractivity contribution in [2.24, 2.45) is 5.11 Å². The fourth-order valence-corrected chi connectivity index (χ4v) is 0.127. The number of rotatable bonds is 2. The molecule has 0 heterocycles. The van der Waals surface area contributed by atoms with Gasteiger partial charge in [0, 0.05) is 4.91 Å². The monoisotopic (exact) mass is 180 g/mol. The van der Waals surface area contributed by atoms with E-state index in [0.717, 1.165) is 0 Å². The number of hydrogen-bond acceptors (Lipinski definition) is 2. The van der Waals surface area contributed by atoms with E-state index in [9.17, 15) is 4.79 Å². The van der Waals surface area contributed by atoms with Gasteiger partial charge in [-0.05, 0) is 12.5 Å². The number of carboxylic acid groups (broad SMARTS) is 1. The topological polar surface area (TPSA) is 145 Å². The van der Waals surface area contributed by atoms with E-state index in [1.165, 1.54) is 11.8 Å². The van der Waals surface area contributed by atoms with Gasteiger partial charge in [-0.15, -0.1) is 0 Å². The molecule has 0 aliphatic heterocycles. The molecular weight excluding hydrogens is 175 g/mol. The van der Waals surface area contributed by atoms with Crippen LogP contribution in [0.3, 0.4) is 0 Å². The summed E-state index contributed by atoms with van der Waals surface area (Å²) in [6.07, 6.45) is 0. The van der Waals surface area contributed by atoms with Crippen LogP contribution in [0.15, 0.2) is 5.11 Å². The van der Waals surface area contributed by atoms with Gasteiger partial charge in [0.15, 0.2) is 0 Å². The minimum atomic E-state index is -1.11. The zero-order valence-corrected chi connectivity index (χ0v) is 8.62. The normalized spacial score (nSPS) is 8.42. The van der Waals surface area contributed by atoms with Gasteiger partial charge in [-0.1, -0.05) is 5.11 Å². The van der Waals surface area contributed by atoms with Crippen molar-refractivity contribution >= 4 is 5.97 Å². The number of hydrogen-bond donors (Lipinski definition) is 1. The third-order valence-electron chi connectivity index (χ3n) is 0.582. The maximum absolute atomic E-state index is 9.82. The van der Waals surface area contributed by atoms with Crippen molar-refractivity contribution in [3.8, 4) is 0 Å². The van der Waals surface area contributed by atoms with E-state index in [4.69, 9.17) is 21.7 Å². The number of azide groups is 1. The Hall–Kier alpha value is -0.910. The van der Waals surface area contributed by atoms with Crippen molar-refractivity contribution in [2.75, 3.05) is 0 Å². The van der Waals surface area contributed by atoms with Crippen LogP contribution < -0.4 is 29.6 Å². The van der Waals surface area contributed by atoms with Crippen LogP contribution in [0.2, 0.25) is 0 Å². The van der Waals surface area contributed by atoms with Gasteiger partial charge in [-0.25, -0.2) is 0 Å². The molecule has 0 aliphatic carbocycles. The van der Waals surface area contributed by atoms with Crippen LogP contribution in [0.5, 0.6) is 0 Å². The summed E-state index contributed by atoms with van der Waals surface area (Å²) in [5.41, 5.74) is 21.2. The largest absolute Gasteiger partial charge is 1.00 e. The van der Waals surface area contributed by atoms with Gasteiger partial charge in [0.05, 0.1) is 0 Å². The first-order valence-corrected chi connectivity index (χ1v) is 2.35. The Morgan fingerprint density at radius 3 is 1.92 bits per heavy atom. The predicted octanol–water partition coefficient (Wildman–Crippen LogP) is -1.36. The molecule has 0 fully saturated rings. The number of nitrogens with zero attached hydrogens (tertiary/aromatic N) is 6. The maximum atomic E-state index is 9.82. The van der Waals surface area contributed by atoms with Crippen LogP contribution in [0, 0.1) is 0 Å². The van der Waals surface area contributed by atoms with Crippen LogP contribution in [-0.2, 0) is 4.79 Å². The van der Waals surface area contributed by atoms with Gasteiger partial charge >= 0.3 is 35.5 Å². The summed E-state index contributed by atoms with van der Waals surface area (Å²) in [5, 5.41) is 11.0. The van der Waals surface area contributed by atoms with Crippen LogP contribution >= 0.6 is 0 Å². The van der Waals surface area contributed by atoms with Gasteiger partial charge in [-0.2, -0.15) is 0 Å². The van der Waals surface area contributed by atoms with Crippen molar-refractivity contribution in [1.82, 2.24) is 0 Å². The molecule has 0 aromatic rings. The summed E-state index contributed by atoms with van der Waals surface area (Å²) in [7, 11) is 0. The molecule has 1 N–H and O–H groups in total. The van der Waals surface area contributed by atoms with Crippen LogP contribution in [0.4, 0.5) is 0 Å². The van der Waals surface area contributed by atoms with Crippen molar-refractivity contribution in [3.05, 3.63) is 26.4 Å². The number of aliphatic carboxylic acids is 1. The molecule has 0 aromatic carbocycles. The summed E-state index contributed by atoms with van der Waals surface area (Å²) in [5.74, 6) is -1.11. The van der Waals surface area contributed by atoms with Gasteiger partial charge in [0.25, 0.3) is 0 Å². The van der Waals surface area contributed by atoms with E-state index in [2.05, 4.69) is 10.0 Å². The van der Waals surface area contributed by atoms with E-state index in [1.54, 1.807) is 0 Å². The average molecular weight is 180 g/mol. The molecule has 1 atom stereocenters. The Labute approximate surface area is 89.9 Å². The first kappa shape index (κ1) is 17.3. The maximum Gasteiger partial charge on any atom is 1.00 e. The van der Waals surface area contributed by atoms with Crippen molar-refractivity contribution in [2.45, 2.75) is 13.0 Å². The first-order valence-electron chi connectivity index (χ1n) is 2.35. The SMILES string of the molecule is C[C@H](N=[N+]=[N-])C(=O)O.[N-]=[N+]=[N-].[Na+]. The van der Waals surface area contributed by atoms with Crippen molar-refractivity contribution in [3.63, 3.8) is 0 Å². The zero-order chi connectivity index (χ0) is 9.28. The minimum absolute atomic E-state index is 0. The summed E-state index contributed by atoms with van der Waals surface area (Å²) in [6, 6.07) is -0.958. The Morgan fingerprint density at radius 2 is 1.83 bits per heavy atom. The molecule has 0 saturated heterocycles. The van der Waals surface area contributed by atoms with E-state index < -0.39 is 12.0 Å². The molecule has 12 heavy (non-hydrogen) atoms. The summed E-state index contributed by atoms with van der Waals surface area (Å²) < 4.78 is 0. The van der Waals surface area contributed by atoms with Crippen molar-refractivity contribution in [1.29, 1.82) is 0 Å². The smallest absolute Gasteiger partial charge is 0.481 e. The van der Waals surface area contributed by atoms with E-state index in [-0.39, 0.29) is 29.6 Å². The molecule has 0 saturated carbocycles. The molecule has 8 nitrogen and oxygen atoms in total. The molecular formula is C3H5N6NaO2. The summed E-state index contributed by atoms with van der Waals surface area (Å²) in [6.45, 7) is 1.31. The third kappa shape index (κ3) is 16.0. The van der Waals surface area contributed by atoms with E-state index >= 15 is 0 Å². The Bertz CT molecular complexity index is 203. The fourth-order valence-electron chi connectivity index (χ4n) is 0.127. The standard InChI is InChI=1S/C3H5N3O2.N3.Na/c1-2(3(7)8)5-6-4;1-3-2;/h2H,1H3,(H,7,8);;/q;-1;+1/t2-;;/m0../s1. The van der Waals surface area contributed by atoms with Crippen LogP contribution in [0.25, 0.3) is 26.4 Å². The molecule has 0 aromatic heterocycles. The van der Waals surface area contributed by atoms with Gasteiger partial charge in [0.1, 0.15) is 6.04 Å². The molecule has 0 bridgehead atoms. The van der Waals surface area contributed by atoms with Crippen LogP contribution in [-0.4, -0.2) is 17.1 Å². The zero-order valence-electron chi connectivity index (χ0n) is 6.62. The van der Waals surface area contributed by atoms with Gasteiger partial charge in [-0.3, -0.25) is 9.71 Å². The second-order valence-electron chi connectivity index (χ2n) is 1.31. The van der Waals surface area contributed by atoms with Gasteiger partial charge in [0.2, 0.25) is 0 Å². The van der Waals surface area contributed by atoms with Crippen molar-refractivity contribution < 1.29 is 39.5 Å². The second-order valence-corrected chi connectivity index (χ2v) is 1.31. The fraction of sp³-hybridized carbons (Fsp3) is 0.667. The number of carbonyl (C=O) groups is 1. The Balaban J connectivity index is -0.000000177. The quantitative estimate of drug-likeness (QED) is 0.242. The second kappa shape index (κ2) is 12.7. The number of carboxylic acids is 1. The average Bonchev–Trinajstić information content (AvgIpc) is 1.90. The Morgan fingerprint density at radius 1 is 1.50 bits per heavy atom. The van der Waals surface area contributed by atoms with E-state index in [1.807, 2.05) is 0 Å². The van der Waals surface area contributed by atoms with Crippen LogP contribution in [0.1, 0.15) is 6.92 Å².